The van der Waals surface area contributed by atoms with Crippen LogP contribution in [0.25, 0.3) is 0 Å². The van der Waals surface area contributed by atoms with Gasteiger partial charge >= 0.3 is 0 Å². The van der Waals surface area contributed by atoms with Crippen molar-refractivity contribution in [1.82, 2.24) is 0 Å². The van der Waals surface area contributed by atoms with Gasteiger partial charge in [-0.15, -0.1) is 0 Å². The number of halogens is 1. The van der Waals surface area contributed by atoms with Gasteiger partial charge in [0.05, 0.1) is 0 Å². The Bertz CT molecular complexity index is 640. The molecule has 20 heavy (non-hydrogen) atoms. The minimum atomic E-state index is -0.684. The highest BCUT2D eigenvalue weighted by Gasteiger charge is 2.20. The summed E-state index contributed by atoms with van der Waals surface area (Å²) in [5.41, 5.74) is 8.89. The summed E-state index contributed by atoms with van der Waals surface area (Å²) in [6.45, 7) is 3.91. The number of benzene rings is 2. The lowest BCUT2D eigenvalue weighted by atomic mass is 9.97. The fraction of sp³-hybridized carbons (Fsp3) is 0.188. The molecule has 3 N–H and O–H groups in total. The standard InChI is InChI=1S/C16H17FN2O/c1-10-5-3-8-14(11(10)2)15(16(18)20)19-13-7-4-6-12(17)9-13/h3-9,15,19H,1-2H3,(H2,18,20). The summed E-state index contributed by atoms with van der Waals surface area (Å²) in [6, 6.07) is 11.0. The molecule has 0 heterocycles. The summed E-state index contributed by atoms with van der Waals surface area (Å²) < 4.78 is 13.2. The summed E-state index contributed by atoms with van der Waals surface area (Å²) in [5.74, 6) is -0.859. The van der Waals surface area contributed by atoms with E-state index >= 15 is 0 Å². The van der Waals surface area contributed by atoms with Crippen molar-refractivity contribution in [2.75, 3.05) is 5.32 Å². The second-order valence-corrected chi connectivity index (χ2v) is 4.78. The third kappa shape index (κ3) is 2.96. The van der Waals surface area contributed by atoms with Gasteiger partial charge in [-0.3, -0.25) is 4.79 Å². The maximum absolute atomic E-state index is 13.2. The number of hydrogen-bond acceptors (Lipinski definition) is 2. The number of carbonyl (C=O) groups is 1. The summed E-state index contributed by atoms with van der Waals surface area (Å²) in [6.07, 6.45) is 0. The molecule has 0 saturated carbocycles. The van der Waals surface area contributed by atoms with Crippen molar-refractivity contribution in [2.24, 2.45) is 5.73 Å². The van der Waals surface area contributed by atoms with E-state index in [0.717, 1.165) is 16.7 Å². The smallest absolute Gasteiger partial charge is 0.244 e. The number of nitrogens with one attached hydrogen (secondary N) is 1. The molecule has 2 aromatic rings. The number of carbonyl (C=O) groups excluding carboxylic acids is 1. The van der Waals surface area contributed by atoms with Crippen molar-refractivity contribution >= 4 is 11.6 Å². The lowest BCUT2D eigenvalue weighted by molar-refractivity contribution is -0.118. The molecule has 0 saturated heterocycles. The largest absolute Gasteiger partial charge is 0.370 e. The molecular weight excluding hydrogens is 255 g/mol. The van der Waals surface area contributed by atoms with Crippen LogP contribution in [0.1, 0.15) is 22.7 Å². The molecule has 0 radical (unpaired) electrons. The summed E-state index contributed by atoms with van der Waals surface area (Å²) in [7, 11) is 0. The monoisotopic (exact) mass is 272 g/mol. The van der Waals surface area contributed by atoms with Gasteiger partial charge < -0.3 is 11.1 Å². The summed E-state index contributed by atoms with van der Waals surface area (Å²) >= 11 is 0. The summed E-state index contributed by atoms with van der Waals surface area (Å²) in [5, 5.41) is 2.99. The van der Waals surface area contributed by atoms with Crippen LogP contribution in [0.4, 0.5) is 10.1 Å². The first-order valence-electron chi connectivity index (χ1n) is 6.36. The predicted octanol–water partition coefficient (Wildman–Crippen LogP) is 3.08. The van der Waals surface area contributed by atoms with Gasteiger partial charge in [-0.1, -0.05) is 24.3 Å². The molecule has 2 aromatic carbocycles. The molecule has 1 amide bonds. The second kappa shape index (κ2) is 5.74. The van der Waals surface area contributed by atoms with Crippen molar-refractivity contribution in [3.63, 3.8) is 0 Å². The Labute approximate surface area is 117 Å². The molecule has 0 spiro atoms. The van der Waals surface area contributed by atoms with E-state index in [-0.39, 0.29) is 5.82 Å². The van der Waals surface area contributed by atoms with Crippen molar-refractivity contribution in [3.05, 3.63) is 65.0 Å². The van der Waals surface area contributed by atoms with Crippen LogP contribution in [0.2, 0.25) is 0 Å². The van der Waals surface area contributed by atoms with Gasteiger partial charge in [-0.2, -0.15) is 0 Å². The zero-order valence-corrected chi connectivity index (χ0v) is 11.5. The topological polar surface area (TPSA) is 55.1 Å². The second-order valence-electron chi connectivity index (χ2n) is 4.78. The molecule has 104 valence electrons. The normalized spacial score (nSPS) is 11.9. The van der Waals surface area contributed by atoms with Crippen LogP contribution < -0.4 is 11.1 Å². The first-order chi connectivity index (χ1) is 9.49. The lowest BCUT2D eigenvalue weighted by Crippen LogP contribution is -2.28. The Morgan fingerprint density at radius 1 is 1.20 bits per heavy atom. The Hall–Kier alpha value is -2.36. The van der Waals surface area contributed by atoms with Crippen LogP contribution in [0, 0.1) is 19.7 Å². The van der Waals surface area contributed by atoms with Gasteiger partial charge in [0, 0.05) is 5.69 Å². The highest BCUT2D eigenvalue weighted by atomic mass is 19.1. The van der Waals surface area contributed by atoms with Crippen LogP contribution in [0.3, 0.4) is 0 Å². The number of anilines is 1. The number of rotatable bonds is 4. The lowest BCUT2D eigenvalue weighted by Gasteiger charge is -2.20. The maximum Gasteiger partial charge on any atom is 0.244 e. The van der Waals surface area contributed by atoms with E-state index in [2.05, 4.69) is 5.32 Å². The third-order valence-corrected chi connectivity index (χ3v) is 3.38. The van der Waals surface area contributed by atoms with E-state index in [1.807, 2.05) is 32.0 Å². The Balaban J connectivity index is 2.37. The Morgan fingerprint density at radius 3 is 2.55 bits per heavy atom. The fourth-order valence-corrected chi connectivity index (χ4v) is 2.13. The third-order valence-electron chi connectivity index (χ3n) is 3.38. The van der Waals surface area contributed by atoms with Crippen LogP contribution in [-0.4, -0.2) is 5.91 Å². The van der Waals surface area contributed by atoms with Gasteiger partial charge in [-0.05, 0) is 48.7 Å². The van der Waals surface area contributed by atoms with Gasteiger partial charge in [-0.25, -0.2) is 4.39 Å². The number of amides is 1. The zero-order valence-electron chi connectivity index (χ0n) is 11.5. The number of nitrogens with two attached hydrogens (primary N) is 1. The molecule has 0 aromatic heterocycles. The van der Waals surface area contributed by atoms with E-state index in [4.69, 9.17) is 5.73 Å². The van der Waals surface area contributed by atoms with E-state index in [1.165, 1.54) is 12.1 Å². The van der Waals surface area contributed by atoms with Crippen molar-refractivity contribution < 1.29 is 9.18 Å². The van der Waals surface area contributed by atoms with Crippen molar-refractivity contribution in [3.8, 4) is 0 Å². The van der Waals surface area contributed by atoms with Crippen LogP contribution >= 0.6 is 0 Å². The Kier molecular flexibility index (Phi) is 4.03. The molecule has 0 fully saturated rings. The number of hydrogen-bond donors (Lipinski definition) is 2. The maximum atomic E-state index is 13.2. The molecule has 0 aliphatic rings. The fourth-order valence-electron chi connectivity index (χ4n) is 2.13. The minimum Gasteiger partial charge on any atom is -0.370 e. The highest BCUT2D eigenvalue weighted by molar-refractivity contribution is 5.85. The molecule has 1 unspecified atom stereocenters. The molecule has 0 bridgehead atoms. The average Bonchev–Trinajstić information content (AvgIpc) is 2.39. The van der Waals surface area contributed by atoms with E-state index in [9.17, 15) is 9.18 Å². The van der Waals surface area contributed by atoms with E-state index in [0.29, 0.717) is 5.69 Å². The van der Waals surface area contributed by atoms with Crippen LogP contribution in [0.5, 0.6) is 0 Å². The van der Waals surface area contributed by atoms with E-state index in [1.54, 1.807) is 12.1 Å². The van der Waals surface area contributed by atoms with E-state index < -0.39 is 11.9 Å². The predicted molar refractivity (Wildman–Crippen MR) is 77.9 cm³/mol. The van der Waals surface area contributed by atoms with Gasteiger partial charge in [0.1, 0.15) is 11.9 Å². The average molecular weight is 272 g/mol. The number of primary amides is 1. The highest BCUT2D eigenvalue weighted by Crippen LogP contribution is 2.24. The zero-order chi connectivity index (χ0) is 14.7. The van der Waals surface area contributed by atoms with Crippen LogP contribution in [-0.2, 0) is 4.79 Å². The summed E-state index contributed by atoms with van der Waals surface area (Å²) in [4.78, 5) is 11.7. The molecule has 3 nitrogen and oxygen atoms in total. The molecule has 0 aliphatic heterocycles. The SMILES string of the molecule is Cc1cccc(C(Nc2cccc(F)c2)C(N)=O)c1C. The number of aryl methyl sites for hydroxylation is 1. The molecular formula is C16H17FN2O. The van der Waals surface area contributed by atoms with Crippen LogP contribution in [0.15, 0.2) is 42.5 Å². The quantitative estimate of drug-likeness (QED) is 0.898. The molecule has 4 heteroatoms. The van der Waals surface area contributed by atoms with Gasteiger partial charge in [0.25, 0.3) is 0 Å². The van der Waals surface area contributed by atoms with Gasteiger partial charge in [0.2, 0.25) is 5.91 Å². The first-order valence-corrected chi connectivity index (χ1v) is 6.36. The molecule has 2 rings (SSSR count). The Morgan fingerprint density at radius 2 is 1.90 bits per heavy atom. The first kappa shape index (κ1) is 14.1. The van der Waals surface area contributed by atoms with Crippen molar-refractivity contribution in [2.45, 2.75) is 19.9 Å². The van der Waals surface area contributed by atoms with Crippen molar-refractivity contribution in [1.29, 1.82) is 0 Å². The minimum absolute atomic E-state index is 0.362. The van der Waals surface area contributed by atoms with Gasteiger partial charge in [0.15, 0.2) is 0 Å². The molecule has 1 atom stereocenters. The molecule has 0 aliphatic carbocycles.